The van der Waals surface area contributed by atoms with Crippen LogP contribution in [-0.4, -0.2) is 19.6 Å². The van der Waals surface area contributed by atoms with Crippen molar-refractivity contribution in [2.24, 2.45) is 0 Å². The lowest BCUT2D eigenvalue weighted by Gasteiger charge is -2.05. The van der Waals surface area contributed by atoms with E-state index in [1.54, 1.807) is 6.20 Å². The summed E-state index contributed by atoms with van der Waals surface area (Å²) in [7, 11) is 0. The van der Waals surface area contributed by atoms with Crippen LogP contribution in [0.5, 0.6) is 0 Å². The molecule has 0 aliphatic rings. The van der Waals surface area contributed by atoms with Gasteiger partial charge < -0.3 is 0 Å². The highest BCUT2D eigenvalue weighted by Crippen LogP contribution is 2.24. The number of rotatable bonds is 1. The van der Waals surface area contributed by atoms with Crippen LogP contribution in [-0.2, 0) is 0 Å². The van der Waals surface area contributed by atoms with Gasteiger partial charge in [0, 0.05) is 18.0 Å². The fraction of sp³-hybridized carbons (Fsp3) is 0.154. The summed E-state index contributed by atoms with van der Waals surface area (Å²) in [6.45, 7) is 4.11. The second-order valence-electron chi connectivity index (χ2n) is 4.25. The molecule has 3 aromatic rings. The maximum Gasteiger partial charge on any atom is 0.198 e. The minimum Gasteiger partial charge on any atom is -0.278 e. The van der Waals surface area contributed by atoms with Crippen molar-refractivity contribution in [3.63, 3.8) is 0 Å². The first-order valence-corrected chi connectivity index (χ1v) is 5.97. The van der Waals surface area contributed by atoms with Crippen LogP contribution in [0.3, 0.4) is 0 Å². The zero-order valence-electron chi connectivity index (χ0n) is 10.1. The largest absolute Gasteiger partial charge is 0.278 e. The molecule has 0 bridgehead atoms. The van der Waals surface area contributed by atoms with Crippen molar-refractivity contribution in [3.05, 3.63) is 46.9 Å². The van der Waals surface area contributed by atoms with E-state index in [4.69, 9.17) is 11.6 Å². The van der Waals surface area contributed by atoms with Crippen molar-refractivity contribution in [2.75, 3.05) is 0 Å². The molecule has 0 N–H and O–H groups in total. The van der Waals surface area contributed by atoms with E-state index in [0.29, 0.717) is 10.8 Å². The average molecular weight is 259 g/mol. The SMILES string of the molecule is Cc1ccc(C)c(-c2nnc3c(Cl)nccn23)c1. The molecule has 0 radical (unpaired) electrons. The molecule has 0 saturated heterocycles. The average Bonchev–Trinajstić information content (AvgIpc) is 2.77. The Kier molecular flexibility index (Phi) is 2.52. The monoisotopic (exact) mass is 258 g/mol. The van der Waals surface area contributed by atoms with Gasteiger partial charge >= 0.3 is 0 Å². The molecular weight excluding hydrogens is 248 g/mol. The normalized spacial score (nSPS) is 11.1. The lowest BCUT2D eigenvalue weighted by molar-refractivity contribution is 1.10. The van der Waals surface area contributed by atoms with Gasteiger partial charge in [-0.3, -0.25) is 4.40 Å². The van der Waals surface area contributed by atoms with E-state index in [2.05, 4.69) is 47.2 Å². The zero-order valence-corrected chi connectivity index (χ0v) is 10.8. The second-order valence-corrected chi connectivity index (χ2v) is 4.61. The van der Waals surface area contributed by atoms with Crippen LogP contribution in [0, 0.1) is 13.8 Å². The Morgan fingerprint density at radius 3 is 2.83 bits per heavy atom. The zero-order chi connectivity index (χ0) is 12.7. The molecule has 2 heterocycles. The first kappa shape index (κ1) is 11.2. The third-order valence-corrected chi connectivity index (χ3v) is 3.18. The number of halogens is 1. The van der Waals surface area contributed by atoms with Gasteiger partial charge in [-0.25, -0.2) is 4.98 Å². The minimum atomic E-state index is 0.363. The van der Waals surface area contributed by atoms with Crippen LogP contribution in [0.25, 0.3) is 17.0 Å². The van der Waals surface area contributed by atoms with Crippen LogP contribution in [0.4, 0.5) is 0 Å². The molecule has 0 saturated carbocycles. The minimum absolute atomic E-state index is 0.363. The first-order chi connectivity index (χ1) is 8.66. The third-order valence-electron chi connectivity index (χ3n) is 2.92. The highest BCUT2D eigenvalue weighted by atomic mass is 35.5. The van der Waals surface area contributed by atoms with Gasteiger partial charge in [0.1, 0.15) is 0 Å². The van der Waals surface area contributed by atoms with Gasteiger partial charge in [-0.2, -0.15) is 0 Å². The van der Waals surface area contributed by atoms with Crippen LogP contribution in [0.1, 0.15) is 11.1 Å². The molecule has 0 fully saturated rings. The van der Waals surface area contributed by atoms with Crippen molar-refractivity contribution in [3.8, 4) is 11.4 Å². The van der Waals surface area contributed by atoms with Gasteiger partial charge in [0.2, 0.25) is 0 Å². The Bertz CT molecular complexity index is 733. The van der Waals surface area contributed by atoms with E-state index in [1.807, 2.05) is 10.6 Å². The Hall–Kier alpha value is -1.94. The van der Waals surface area contributed by atoms with Crippen LogP contribution in [0.15, 0.2) is 30.6 Å². The highest BCUT2D eigenvalue weighted by Gasteiger charge is 2.12. The molecule has 0 aliphatic carbocycles. The summed E-state index contributed by atoms with van der Waals surface area (Å²) in [6, 6.07) is 6.26. The van der Waals surface area contributed by atoms with E-state index >= 15 is 0 Å². The summed E-state index contributed by atoms with van der Waals surface area (Å²) in [5, 5.41) is 8.66. The van der Waals surface area contributed by atoms with Gasteiger partial charge in [-0.1, -0.05) is 29.3 Å². The molecule has 2 aromatic heterocycles. The van der Waals surface area contributed by atoms with Gasteiger partial charge in [0.25, 0.3) is 0 Å². The van der Waals surface area contributed by atoms with Crippen LogP contribution >= 0.6 is 11.6 Å². The molecule has 0 atom stereocenters. The van der Waals surface area contributed by atoms with Crippen molar-refractivity contribution < 1.29 is 0 Å². The lowest BCUT2D eigenvalue weighted by Crippen LogP contribution is -1.93. The molecule has 3 rings (SSSR count). The van der Waals surface area contributed by atoms with Crippen molar-refractivity contribution in [1.29, 1.82) is 0 Å². The lowest BCUT2D eigenvalue weighted by atomic mass is 10.1. The Labute approximate surface area is 109 Å². The molecule has 0 unspecified atom stereocenters. The van der Waals surface area contributed by atoms with Gasteiger partial charge in [0.15, 0.2) is 16.6 Å². The first-order valence-electron chi connectivity index (χ1n) is 5.59. The van der Waals surface area contributed by atoms with Gasteiger partial charge in [-0.15, -0.1) is 10.2 Å². The van der Waals surface area contributed by atoms with Crippen molar-refractivity contribution in [2.45, 2.75) is 13.8 Å². The molecular formula is C13H11ClN4. The Morgan fingerprint density at radius 2 is 2.00 bits per heavy atom. The third kappa shape index (κ3) is 1.66. The maximum atomic E-state index is 5.99. The quantitative estimate of drug-likeness (QED) is 0.674. The van der Waals surface area contributed by atoms with Crippen LogP contribution in [0.2, 0.25) is 5.15 Å². The summed E-state index contributed by atoms with van der Waals surface area (Å²) < 4.78 is 1.86. The number of fused-ring (bicyclic) bond motifs is 1. The van der Waals surface area contributed by atoms with E-state index in [1.165, 1.54) is 5.56 Å². The second kappa shape index (κ2) is 4.07. The number of aromatic nitrogens is 4. The summed E-state index contributed by atoms with van der Waals surface area (Å²) in [5.41, 5.74) is 3.98. The van der Waals surface area contributed by atoms with E-state index < -0.39 is 0 Å². The Balaban J connectivity index is 2.32. The Morgan fingerprint density at radius 1 is 1.17 bits per heavy atom. The topological polar surface area (TPSA) is 43.1 Å². The van der Waals surface area contributed by atoms with E-state index in [0.717, 1.165) is 17.0 Å². The number of aryl methyl sites for hydroxylation is 2. The molecule has 0 aliphatic heterocycles. The number of nitrogens with zero attached hydrogens (tertiary/aromatic N) is 4. The molecule has 0 spiro atoms. The molecule has 4 nitrogen and oxygen atoms in total. The molecule has 5 heteroatoms. The predicted molar refractivity (Wildman–Crippen MR) is 70.7 cm³/mol. The summed E-state index contributed by atoms with van der Waals surface area (Å²) in [6.07, 6.45) is 3.46. The fourth-order valence-corrected chi connectivity index (χ4v) is 2.14. The summed E-state index contributed by atoms with van der Waals surface area (Å²) in [5.74, 6) is 0.788. The molecule has 18 heavy (non-hydrogen) atoms. The van der Waals surface area contributed by atoms with E-state index in [9.17, 15) is 0 Å². The number of hydrogen-bond acceptors (Lipinski definition) is 3. The molecule has 1 aromatic carbocycles. The maximum absolute atomic E-state index is 5.99. The predicted octanol–water partition coefficient (Wildman–Crippen LogP) is 3.06. The van der Waals surface area contributed by atoms with Gasteiger partial charge in [-0.05, 0) is 25.5 Å². The summed E-state index contributed by atoms with van der Waals surface area (Å²) >= 11 is 5.99. The summed E-state index contributed by atoms with van der Waals surface area (Å²) in [4.78, 5) is 4.00. The number of hydrogen-bond donors (Lipinski definition) is 0. The number of benzene rings is 1. The van der Waals surface area contributed by atoms with Crippen LogP contribution < -0.4 is 0 Å². The fourth-order valence-electron chi connectivity index (χ4n) is 1.96. The van der Waals surface area contributed by atoms with Gasteiger partial charge in [0.05, 0.1) is 0 Å². The smallest absolute Gasteiger partial charge is 0.198 e. The molecule has 0 amide bonds. The van der Waals surface area contributed by atoms with Crippen molar-refractivity contribution in [1.82, 2.24) is 19.6 Å². The van der Waals surface area contributed by atoms with Crippen molar-refractivity contribution >= 4 is 17.2 Å². The molecule has 90 valence electrons. The highest BCUT2D eigenvalue weighted by molar-refractivity contribution is 6.32. The standard InChI is InChI=1S/C13H11ClN4/c1-8-3-4-9(2)10(7-8)12-16-17-13-11(14)15-5-6-18(12)13/h3-7H,1-2H3. The van der Waals surface area contributed by atoms with E-state index in [-0.39, 0.29) is 0 Å².